The molecular formula is C43H54O4. The number of Topliss-reactive ketones (excluding diaryl/α,β-unsaturated/α-hetero) is 1. The number of hydrogen-bond donors (Lipinski definition) is 1. The summed E-state index contributed by atoms with van der Waals surface area (Å²) >= 11 is 0. The van der Waals surface area contributed by atoms with Crippen LogP contribution in [0.1, 0.15) is 113 Å². The van der Waals surface area contributed by atoms with Crippen molar-refractivity contribution in [1.82, 2.24) is 0 Å². The monoisotopic (exact) mass is 634 g/mol. The first-order valence-electron chi connectivity index (χ1n) is 18.2. The predicted octanol–water partition coefficient (Wildman–Crippen LogP) is 11.5. The smallest absolute Gasteiger partial charge is 0.174 e. The van der Waals surface area contributed by atoms with Crippen molar-refractivity contribution >= 4 is 5.78 Å². The molecule has 0 aromatic heterocycles. The predicted molar refractivity (Wildman–Crippen MR) is 194 cm³/mol. The SMILES string of the molecule is CCCCCC1CCC(c2ccc(-c3ccc(OCCCCCCOc4ccc(C(=O)C5C=CC=CC5C)c(O)c4)cc3)cc2)CC1. The number of carbonyl (C=O) groups excluding carboxylic acids is 1. The average molecular weight is 635 g/mol. The number of unbranched alkanes of at least 4 members (excludes halogenated alkanes) is 5. The van der Waals surface area contributed by atoms with Gasteiger partial charge >= 0.3 is 0 Å². The first kappa shape index (κ1) is 34.5. The molecule has 4 nitrogen and oxygen atoms in total. The van der Waals surface area contributed by atoms with Gasteiger partial charge in [-0.2, -0.15) is 0 Å². The van der Waals surface area contributed by atoms with Crippen molar-refractivity contribution in [2.45, 2.75) is 96.8 Å². The number of aromatic hydroxyl groups is 1. The normalized spacial score (nSPS) is 20.6. The van der Waals surface area contributed by atoms with Gasteiger partial charge in [0.05, 0.1) is 18.8 Å². The molecule has 3 aromatic carbocycles. The van der Waals surface area contributed by atoms with E-state index in [1.54, 1.807) is 18.2 Å². The molecule has 1 saturated carbocycles. The van der Waals surface area contributed by atoms with Gasteiger partial charge in [0, 0.05) is 12.0 Å². The topological polar surface area (TPSA) is 55.8 Å². The highest BCUT2D eigenvalue weighted by atomic mass is 16.5. The summed E-state index contributed by atoms with van der Waals surface area (Å²) in [5.41, 5.74) is 4.35. The number of rotatable bonds is 17. The molecule has 0 amide bonds. The van der Waals surface area contributed by atoms with E-state index < -0.39 is 0 Å². The molecular weight excluding hydrogens is 580 g/mol. The minimum atomic E-state index is -0.247. The molecule has 0 saturated heterocycles. The Morgan fingerprint density at radius 3 is 1.98 bits per heavy atom. The molecule has 2 unspecified atom stereocenters. The van der Waals surface area contributed by atoms with E-state index in [-0.39, 0.29) is 23.4 Å². The van der Waals surface area contributed by atoms with Gasteiger partial charge in [-0.05, 0) is 110 Å². The van der Waals surface area contributed by atoms with E-state index in [2.05, 4.69) is 55.5 Å². The number of ketones is 1. The van der Waals surface area contributed by atoms with Crippen LogP contribution < -0.4 is 9.47 Å². The van der Waals surface area contributed by atoms with Crippen LogP contribution in [-0.4, -0.2) is 24.1 Å². The standard InChI is InChI=1S/C43H54O4/c1-3-4-7-13-33-15-17-34(18-16-33)35-19-21-36(22-20-35)37-23-25-38(26-24-37)46-29-10-5-6-11-30-47-39-27-28-41(42(44)31-39)43(45)40-14-9-8-12-32(40)2/h8-9,12,14,19-28,31-34,40,44H,3-7,10-11,13,15-18,29-30H2,1-2H3. The van der Waals surface area contributed by atoms with Gasteiger partial charge in [-0.3, -0.25) is 4.79 Å². The maximum absolute atomic E-state index is 12.9. The Labute approximate surface area is 282 Å². The van der Waals surface area contributed by atoms with Gasteiger partial charge in [-0.25, -0.2) is 0 Å². The van der Waals surface area contributed by atoms with Crippen LogP contribution in [0.2, 0.25) is 0 Å². The maximum Gasteiger partial charge on any atom is 0.174 e. The lowest BCUT2D eigenvalue weighted by atomic mass is 9.77. The van der Waals surface area contributed by atoms with E-state index in [1.165, 1.54) is 68.1 Å². The number of benzene rings is 3. The summed E-state index contributed by atoms with van der Waals surface area (Å²) in [7, 11) is 0. The minimum Gasteiger partial charge on any atom is -0.507 e. The van der Waals surface area contributed by atoms with Crippen LogP contribution in [0.15, 0.2) is 91.0 Å². The summed E-state index contributed by atoms with van der Waals surface area (Å²) in [5.74, 6) is 2.96. The second kappa shape index (κ2) is 17.9. The Morgan fingerprint density at radius 1 is 0.723 bits per heavy atom. The van der Waals surface area contributed by atoms with Gasteiger partial charge in [-0.15, -0.1) is 0 Å². The number of phenols is 1. The largest absolute Gasteiger partial charge is 0.507 e. The number of ether oxygens (including phenoxy) is 2. The van der Waals surface area contributed by atoms with Gasteiger partial charge < -0.3 is 14.6 Å². The molecule has 2 atom stereocenters. The maximum atomic E-state index is 12.9. The molecule has 4 heteroatoms. The van der Waals surface area contributed by atoms with Crippen LogP contribution in [0.25, 0.3) is 11.1 Å². The van der Waals surface area contributed by atoms with E-state index in [1.807, 2.05) is 31.2 Å². The van der Waals surface area contributed by atoms with Crippen LogP contribution in [0.3, 0.4) is 0 Å². The second-order valence-electron chi connectivity index (χ2n) is 13.7. The number of phenolic OH excluding ortho intramolecular Hbond substituents is 1. The van der Waals surface area contributed by atoms with Gasteiger partial charge in [0.15, 0.2) is 5.78 Å². The molecule has 1 N–H and O–H groups in total. The molecule has 0 aliphatic heterocycles. The Bertz CT molecular complexity index is 1440. The van der Waals surface area contributed by atoms with Crippen molar-refractivity contribution in [1.29, 1.82) is 0 Å². The first-order chi connectivity index (χ1) is 23.0. The third-order valence-corrected chi connectivity index (χ3v) is 10.2. The number of hydrogen-bond acceptors (Lipinski definition) is 4. The summed E-state index contributed by atoms with van der Waals surface area (Å²) in [6, 6.07) is 22.8. The Morgan fingerprint density at radius 2 is 1.34 bits per heavy atom. The fourth-order valence-corrected chi connectivity index (χ4v) is 7.13. The lowest BCUT2D eigenvalue weighted by Crippen LogP contribution is -2.20. The summed E-state index contributed by atoms with van der Waals surface area (Å²) in [6.07, 6.45) is 22.8. The molecule has 0 spiro atoms. The molecule has 0 radical (unpaired) electrons. The number of allylic oxidation sites excluding steroid dienone is 4. The molecule has 0 bridgehead atoms. The second-order valence-corrected chi connectivity index (χ2v) is 13.7. The molecule has 2 aliphatic rings. The van der Waals surface area contributed by atoms with Crippen LogP contribution in [0.5, 0.6) is 17.2 Å². The third kappa shape index (κ3) is 10.1. The van der Waals surface area contributed by atoms with Crippen molar-refractivity contribution in [3.8, 4) is 28.4 Å². The van der Waals surface area contributed by atoms with Gasteiger partial charge in [0.2, 0.25) is 0 Å². The highest BCUT2D eigenvalue weighted by Gasteiger charge is 2.26. The highest BCUT2D eigenvalue weighted by Crippen LogP contribution is 2.38. The van der Waals surface area contributed by atoms with Crippen LogP contribution in [0.4, 0.5) is 0 Å². The summed E-state index contributed by atoms with van der Waals surface area (Å²) in [5, 5.41) is 10.5. The van der Waals surface area contributed by atoms with E-state index in [4.69, 9.17) is 9.47 Å². The molecule has 0 heterocycles. The van der Waals surface area contributed by atoms with E-state index in [9.17, 15) is 9.90 Å². The molecule has 2 aliphatic carbocycles. The van der Waals surface area contributed by atoms with Crippen LogP contribution in [0, 0.1) is 17.8 Å². The van der Waals surface area contributed by atoms with Crippen LogP contribution >= 0.6 is 0 Å². The Kier molecular flexibility index (Phi) is 13.2. The summed E-state index contributed by atoms with van der Waals surface area (Å²) in [4.78, 5) is 12.9. The van der Waals surface area contributed by atoms with Crippen molar-refractivity contribution in [2.75, 3.05) is 13.2 Å². The first-order valence-corrected chi connectivity index (χ1v) is 18.2. The van der Waals surface area contributed by atoms with Crippen molar-refractivity contribution in [3.05, 3.63) is 102 Å². The van der Waals surface area contributed by atoms with Crippen molar-refractivity contribution < 1.29 is 19.4 Å². The molecule has 3 aromatic rings. The fourth-order valence-electron chi connectivity index (χ4n) is 7.13. The van der Waals surface area contributed by atoms with E-state index in [0.717, 1.165) is 43.3 Å². The zero-order valence-corrected chi connectivity index (χ0v) is 28.5. The Hall–Kier alpha value is -3.79. The lowest BCUT2D eigenvalue weighted by Gasteiger charge is -2.29. The molecule has 1 fully saturated rings. The third-order valence-electron chi connectivity index (χ3n) is 10.2. The minimum absolute atomic E-state index is 0.0219. The van der Waals surface area contributed by atoms with E-state index in [0.29, 0.717) is 24.5 Å². The zero-order chi connectivity index (χ0) is 32.8. The van der Waals surface area contributed by atoms with E-state index >= 15 is 0 Å². The zero-order valence-electron chi connectivity index (χ0n) is 28.5. The van der Waals surface area contributed by atoms with Crippen LogP contribution in [-0.2, 0) is 0 Å². The fraction of sp³-hybridized carbons (Fsp3) is 0.465. The summed E-state index contributed by atoms with van der Waals surface area (Å²) in [6.45, 7) is 5.58. The highest BCUT2D eigenvalue weighted by molar-refractivity contribution is 6.01. The quantitative estimate of drug-likeness (QED) is 0.119. The molecule has 47 heavy (non-hydrogen) atoms. The van der Waals surface area contributed by atoms with Crippen molar-refractivity contribution in [3.63, 3.8) is 0 Å². The lowest BCUT2D eigenvalue weighted by molar-refractivity contribution is 0.0923. The summed E-state index contributed by atoms with van der Waals surface area (Å²) < 4.78 is 11.9. The average Bonchev–Trinajstić information content (AvgIpc) is 3.10. The molecule has 250 valence electrons. The van der Waals surface area contributed by atoms with Gasteiger partial charge in [0.1, 0.15) is 17.2 Å². The van der Waals surface area contributed by atoms with Gasteiger partial charge in [-0.1, -0.05) is 100 Å². The van der Waals surface area contributed by atoms with Gasteiger partial charge in [0.25, 0.3) is 0 Å². The van der Waals surface area contributed by atoms with Crippen molar-refractivity contribution in [2.24, 2.45) is 17.8 Å². The Balaban J connectivity index is 0.948. The molecule has 5 rings (SSSR count). The number of carbonyl (C=O) groups is 1.